The Balaban J connectivity index is 1.71. The number of carbonyl (C=O) groups excluding carboxylic acids is 1. The number of rotatable bonds is 3. The van der Waals surface area contributed by atoms with Crippen LogP contribution in [-0.4, -0.2) is 22.9 Å². The Morgan fingerprint density at radius 3 is 2.63 bits per heavy atom. The van der Waals surface area contributed by atoms with Crippen LogP contribution in [0.1, 0.15) is 16.8 Å². The summed E-state index contributed by atoms with van der Waals surface area (Å²) in [6, 6.07) is 19.1. The Kier molecular flexibility index (Phi) is 4.75. The summed E-state index contributed by atoms with van der Waals surface area (Å²) in [6.45, 7) is 0.936. The summed E-state index contributed by atoms with van der Waals surface area (Å²) in [5.74, 6) is 2.07. The largest absolute Gasteiger partial charge is 0.493 e. The predicted octanol–water partition coefficient (Wildman–Crippen LogP) is 3.97. The maximum absolute atomic E-state index is 13.0. The molecule has 1 amide bonds. The molecule has 0 atom stereocenters. The Morgan fingerprint density at radius 1 is 1.04 bits per heavy atom. The van der Waals surface area contributed by atoms with Crippen LogP contribution in [0, 0.1) is 0 Å². The fourth-order valence-electron chi connectivity index (χ4n) is 3.22. The predicted molar refractivity (Wildman–Crippen MR) is 102 cm³/mol. The highest BCUT2D eigenvalue weighted by atomic mass is 16.5. The number of benzene rings is 2. The van der Waals surface area contributed by atoms with Crippen molar-refractivity contribution in [2.45, 2.75) is 19.5 Å². The molecular weight excluding hydrogens is 340 g/mol. The van der Waals surface area contributed by atoms with Crippen molar-refractivity contribution in [2.24, 2.45) is 0 Å². The van der Waals surface area contributed by atoms with Crippen molar-refractivity contribution in [1.29, 1.82) is 0 Å². The number of hydrogen-bond donors (Lipinski definition) is 0. The van der Waals surface area contributed by atoms with Gasteiger partial charge in [-0.05, 0) is 24.3 Å². The molecule has 5 heteroatoms. The molecular formula is C22H20N2O3. The monoisotopic (exact) mass is 360 g/mol. The number of fused-ring (bicyclic) bond motifs is 2. The van der Waals surface area contributed by atoms with Gasteiger partial charge in [0.2, 0.25) is 5.91 Å². The van der Waals surface area contributed by atoms with Gasteiger partial charge in [-0.15, -0.1) is 0 Å². The Hall–Kier alpha value is -3.34. The van der Waals surface area contributed by atoms with Gasteiger partial charge in [0, 0.05) is 36.1 Å². The van der Waals surface area contributed by atoms with E-state index in [1.807, 2.05) is 65.6 Å². The van der Waals surface area contributed by atoms with Gasteiger partial charge in [-0.25, -0.2) is 0 Å². The average molecular weight is 360 g/mol. The molecule has 2 aromatic carbocycles. The molecule has 5 nitrogen and oxygen atoms in total. The van der Waals surface area contributed by atoms with E-state index in [1.54, 1.807) is 13.3 Å². The normalized spacial score (nSPS) is 12.9. The number of methoxy groups -OCH3 is 1. The highest BCUT2D eigenvalue weighted by Crippen LogP contribution is 2.39. The van der Waals surface area contributed by atoms with Crippen LogP contribution in [0.25, 0.3) is 0 Å². The third kappa shape index (κ3) is 3.62. The van der Waals surface area contributed by atoms with Crippen LogP contribution in [0.15, 0.2) is 66.9 Å². The first-order valence-electron chi connectivity index (χ1n) is 8.84. The van der Waals surface area contributed by atoms with Crippen molar-refractivity contribution in [2.75, 3.05) is 7.11 Å². The van der Waals surface area contributed by atoms with Gasteiger partial charge in [-0.2, -0.15) is 0 Å². The number of ether oxygens (including phenoxy) is 2. The minimum Gasteiger partial charge on any atom is -0.493 e. The minimum atomic E-state index is 0.0270. The van der Waals surface area contributed by atoms with Crippen LogP contribution in [0.2, 0.25) is 0 Å². The van der Waals surface area contributed by atoms with Gasteiger partial charge in [-0.3, -0.25) is 9.78 Å². The summed E-state index contributed by atoms with van der Waals surface area (Å²) >= 11 is 0. The quantitative estimate of drug-likeness (QED) is 0.709. The van der Waals surface area contributed by atoms with Gasteiger partial charge >= 0.3 is 0 Å². The summed E-state index contributed by atoms with van der Waals surface area (Å²) < 4.78 is 11.7. The van der Waals surface area contributed by atoms with Gasteiger partial charge in [-0.1, -0.05) is 36.4 Å². The molecule has 3 aromatic rings. The van der Waals surface area contributed by atoms with Crippen LogP contribution < -0.4 is 9.47 Å². The Labute approximate surface area is 158 Å². The van der Waals surface area contributed by atoms with E-state index in [4.69, 9.17) is 9.47 Å². The third-order valence-electron chi connectivity index (χ3n) is 4.60. The smallest absolute Gasteiger partial charge is 0.229 e. The summed E-state index contributed by atoms with van der Waals surface area (Å²) in [5.41, 5.74) is 2.64. The topological polar surface area (TPSA) is 51.7 Å². The molecule has 27 heavy (non-hydrogen) atoms. The Bertz CT molecular complexity index is 957. The second-order valence-electron chi connectivity index (χ2n) is 6.41. The van der Waals surface area contributed by atoms with E-state index >= 15 is 0 Å². The van der Waals surface area contributed by atoms with Crippen molar-refractivity contribution in [1.82, 2.24) is 9.88 Å². The molecule has 0 aliphatic carbocycles. The van der Waals surface area contributed by atoms with Crippen molar-refractivity contribution >= 4 is 5.91 Å². The first kappa shape index (κ1) is 17.1. The second-order valence-corrected chi connectivity index (χ2v) is 6.41. The molecule has 136 valence electrons. The van der Waals surface area contributed by atoms with Crippen molar-refractivity contribution < 1.29 is 14.3 Å². The van der Waals surface area contributed by atoms with E-state index in [0.29, 0.717) is 24.6 Å². The SMILES string of the molecule is COc1cccc2c1Oc1ccccc1CN(C(=O)Cc1ccccn1)C2. The average Bonchev–Trinajstić information content (AvgIpc) is 2.68. The van der Waals surface area contributed by atoms with E-state index < -0.39 is 0 Å². The van der Waals surface area contributed by atoms with Gasteiger partial charge in [0.1, 0.15) is 5.75 Å². The molecule has 0 bridgehead atoms. The van der Waals surface area contributed by atoms with Crippen LogP contribution in [0.3, 0.4) is 0 Å². The fraction of sp³-hybridized carbons (Fsp3) is 0.182. The molecule has 1 aromatic heterocycles. The first-order chi connectivity index (χ1) is 13.2. The van der Waals surface area contributed by atoms with Crippen molar-refractivity contribution in [3.8, 4) is 17.2 Å². The molecule has 2 heterocycles. The summed E-state index contributed by atoms with van der Waals surface area (Å²) in [5, 5.41) is 0. The van der Waals surface area contributed by atoms with Crippen LogP contribution in [0.4, 0.5) is 0 Å². The Morgan fingerprint density at radius 2 is 1.81 bits per heavy atom. The number of amides is 1. The van der Waals surface area contributed by atoms with Crippen LogP contribution >= 0.6 is 0 Å². The molecule has 4 rings (SSSR count). The van der Waals surface area contributed by atoms with E-state index in [1.165, 1.54) is 0 Å². The first-order valence-corrected chi connectivity index (χ1v) is 8.84. The van der Waals surface area contributed by atoms with E-state index in [0.717, 1.165) is 22.6 Å². The fourth-order valence-corrected chi connectivity index (χ4v) is 3.22. The summed E-state index contributed by atoms with van der Waals surface area (Å²) in [6.07, 6.45) is 1.97. The zero-order chi connectivity index (χ0) is 18.6. The highest BCUT2D eigenvalue weighted by molar-refractivity contribution is 5.78. The lowest BCUT2D eigenvalue weighted by atomic mass is 10.1. The van der Waals surface area contributed by atoms with E-state index in [2.05, 4.69) is 4.98 Å². The van der Waals surface area contributed by atoms with Crippen LogP contribution in [0.5, 0.6) is 17.2 Å². The third-order valence-corrected chi connectivity index (χ3v) is 4.60. The molecule has 1 aliphatic heterocycles. The van der Waals surface area contributed by atoms with Gasteiger partial charge in [0.05, 0.1) is 13.5 Å². The van der Waals surface area contributed by atoms with E-state index in [9.17, 15) is 4.79 Å². The molecule has 0 spiro atoms. The molecule has 1 aliphatic rings. The number of nitrogens with zero attached hydrogens (tertiary/aromatic N) is 2. The lowest BCUT2D eigenvalue weighted by Gasteiger charge is -2.28. The van der Waals surface area contributed by atoms with Gasteiger partial charge in [0.25, 0.3) is 0 Å². The number of para-hydroxylation sites is 2. The molecule has 0 saturated carbocycles. The second kappa shape index (κ2) is 7.50. The lowest BCUT2D eigenvalue weighted by Crippen LogP contribution is -2.32. The van der Waals surface area contributed by atoms with Crippen molar-refractivity contribution in [3.05, 3.63) is 83.7 Å². The number of hydrogen-bond acceptors (Lipinski definition) is 4. The van der Waals surface area contributed by atoms with Gasteiger partial charge < -0.3 is 14.4 Å². The number of carbonyl (C=O) groups is 1. The molecule has 0 N–H and O–H groups in total. The number of aromatic nitrogens is 1. The number of pyridine rings is 1. The molecule has 0 fully saturated rings. The molecule has 0 saturated heterocycles. The standard InChI is InChI=1S/C22H20N2O3/c1-26-20-11-6-8-17-15-24(21(25)13-18-9-4-5-12-23-18)14-16-7-2-3-10-19(16)27-22(17)20/h2-12H,13-15H2,1H3. The van der Waals surface area contributed by atoms with Crippen molar-refractivity contribution in [3.63, 3.8) is 0 Å². The maximum Gasteiger partial charge on any atom is 0.229 e. The highest BCUT2D eigenvalue weighted by Gasteiger charge is 2.24. The van der Waals surface area contributed by atoms with Crippen LogP contribution in [-0.2, 0) is 24.3 Å². The summed E-state index contributed by atoms with van der Waals surface area (Å²) in [4.78, 5) is 19.1. The zero-order valence-corrected chi connectivity index (χ0v) is 15.1. The van der Waals surface area contributed by atoms with E-state index in [-0.39, 0.29) is 12.3 Å². The maximum atomic E-state index is 13.0. The molecule has 0 radical (unpaired) electrons. The lowest BCUT2D eigenvalue weighted by molar-refractivity contribution is -0.131. The minimum absolute atomic E-state index is 0.0270. The van der Waals surface area contributed by atoms with Gasteiger partial charge in [0.15, 0.2) is 11.5 Å². The summed E-state index contributed by atoms with van der Waals surface area (Å²) in [7, 11) is 1.62. The molecule has 0 unspecified atom stereocenters. The zero-order valence-electron chi connectivity index (χ0n) is 15.1.